The fraction of sp³-hybridized carbons (Fsp3) is 0.682. The molecule has 0 saturated carbocycles. The number of carbonyl (C=O) groups excluding carboxylic acids is 1. The number of hydrogen-bond donors (Lipinski definition) is 0. The lowest BCUT2D eigenvalue weighted by molar-refractivity contribution is -0.138. The summed E-state index contributed by atoms with van der Waals surface area (Å²) in [5.41, 5.74) is 1.30. The number of hydrogen-bond acceptors (Lipinski definition) is 3. The van der Waals surface area contributed by atoms with Crippen molar-refractivity contribution in [1.82, 2.24) is 0 Å². The highest BCUT2D eigenvalue weighted by atomic mass is 16.5. The first-order valence-electron chi connectivity index (χ1n) is 9.92. The van der Waals surface area contributed by atoms with E-state index in [0.717, 1.165) is 25.7 Å². The van der Waals surface area contributed by atoms with Gasteiger partial charge in [-0.05, 0) is 63.6 Å². The van der Waals surface area contributed by atoms with Gasteiger partial charge in [0.15, 0.2) is 0 Å². The molecular weight excluding hydrogens is 312 g/mol. The first kappa shape index (κ1) is 21.7. The molecule has 1 aromatic carbocycles. The molecule has 0 saturated heterocycles. The molecule has 0 spiro atoms. The molecule has 0 bridgehead atoms. The van der Waals surface area contributed by atoms with Crippen molar-refractivity contribution >= 4 is 5.97 Å². The summed E-state index contributed by atoms with van der Waals surface area (Å²) in [7, 11) is 0. The number of carbonyl (C=O) groups is 1. The number of unbranched alkanes of at least 4 members (excludes halogenated alkanes) is 2. The summed E-state index contributed by atoms with van der Waals surface area (Å²) in [6.07, 6.45) is 7.89. The second-order valence-electron chi connectivity index (χ2n) is 7.22. The van der Waals surface area contributed by atoms with Gasteiger partial charge in [0.2, 0.25) is 0 Å². The van der Waals surface area contributed by atoms with Crippen LogP contribution in [0.2, 0.25) is 0 Å². The van der Waals surface area contributed by atoms with Crippen molar-refractivity contribution in [1.29, 1.82) is 0 Å². The Kier molecular flexibility index (Phi) is 10.5. The molecule has 0 aromatic heterocycles. The lowest BCUT2D eigenvalue weighted by Gasteiger charge is -2.20. The highest BCUT2D eigenvalue weighted by molar-refractivity contribution is 5.74. The second kappa shape index (κ2) is 12.1. The molecule has 1 aromatic rings. The normalized spacial score (nSPS) is 13.7. The zero-order valence-corrected chi connectivity index (χ0v) is 16.7. The van der Waals surface area contributed by atoms with Gasteiger partial charge in [-0.1, -0.05) is 45.7 Å². The summed E-state index contributed by atoms with van der Waals surface area (Å²) in [5, 5.41) is 0. The molecule has 25 heavy (non-hydrogen) atoms. The zero-order chi connectivity index (χ0) is 18.7. The molecule has 142 valence electrons. The number of benzene rings is 1. The van der Waals surface area contributed by atoms with Crippen LogP contribution >= 0.6 is 0 Å². The fourth-order valence-electron chi connectivity index (χ4n) is 2.83. The highest BCUT2D eigenvalue weighted by Gasteiger charge is 2.18. The van der Waals surface area contributed by atoms with Crippen LogP contribution < -0.4 is 4.74 Å². The highest BCUT2D eigenvalue weighted by Crippen LogP contribution is 2.19. The van der Waals surface area contributed by atoms with E-state index in [4.69, 9.17) is 9.47 Å². The van der Waals surface area contributed by atoms with E-state index in [9.17, 15) is 4.79 Å². The fourth-order valence-corrected chi connectivity index (χ4v) is 2.83. The van der Waals surface area contributed by atoms with E-state index in [1.165, 1.54) is 24.8 Å². The molecule has 0 heterocycles. The van der Waals surface area contributed by atoms with E-state index in [1.54, 1.807) is 0 Å². The average Bonchev–Trinajstić information content (AvgIpc) is 2.59. The monoisotopic (exact) mass is 348 g/mol. The topological polar surface area (TPSA) is 35.5 Å². The minimum absolute atomic E-state index is 0.117. The number of aryl methyl sites for hydroxylation is 1. The maximum absolute atomic E-state index is 12.3. The SMILES string of the molecule is CCCCCc1ccc(OC(=O)C(C)CCC(CC)OC(C)C)cc1. The molecule has 3 nitrogen and oxygen atoms in total. The summed E-state index contributed by atoms with van der Waals surface area (Å²) < 4.78 is 11.4. The minimum atomic E-state index is -0.155. The number of ether oxygens (including phenoxy) is 2. The van der Waals surface area contributed by atoms with E-state index in [1.807, 2.05) is 32.9 Å². The van der Waals surface area contributed by atoms with E-state index in [2.05, 4.69) is 26.0 Å². The molecular formula is C22H36O3. The number of rotatable bonds is 12. The van der Waals surface area contributed by atoms with Gasteiger partial charge in [0.25, 0.3) is 0 Å². The van der Waals surface area contributed by atoms with E-state index >= 15 is 0 Å². The van der Waals surface area contributed by atoms with Crippen LogP contribution in [0.15, 0.2) is 24.3 Å². The summed E-state index contributed by atoms with van der Waals surface area (Å²) in [6.45, 7) is 10.4. The van der Waals surface area contributed by atoms with Crippen LogP contribution in [0, 0.1) is 5.92 Å². The molecule has 0 N–H and O–H groups in total. The molecule has 0 aliphatic rings. The predicted octanol–water partition coefficient (Wildman–Crippen LogP) is 5.94. The van der Waals surface area contributed by atoms with Crippen molar-refractivity contribution in [2.75, 3.05) is 0 Å². The van der Waals surface area contributed by atoms with Crippen molar-refractivity contribution in [3.05, 3.63) is 29.8 Å². The third kappa shape index (κ3) is 9.06. The summed E-state index contributed by atoms with van der Waals surface area (Å²) in [5.74, 6) is 0.369. The maximum Gasteiger partial charge on any atom is 0.314 e. The number of esters is 1. The van der Waals surface area contributed by atoms with E-state index in [-0.39, 0.29) is 24.1 Å². The molecule has 0 aliphatic heterocycles. The molecule has 3 heteroatoms. The third-order valence-electron chi connectivity index (χ3n) is 4.45. The standard InChI is InChI=1S/C22H36O3/c1-6-8-9-10-19-12-15-21(16-13-19)25-22(23)18(5)11-14-20(7-2)24-17(3)4/h12-13,15-18,20H,6-11,14H2,1-5H3. The zero-order valence-electron chi connectivity index (χ0n) is 16.7. The summed E-state index contributed by atoms with van der Waals surface area (Å²) in [6, 6.07) is 7.93. The van der Waals surface area contributed by atoms with Gasteiger partial charge in [-0.15, -0.1) is 0 Å². The van der Waals surface area contributed by atoms with Gasteiger partial charge < -0.3 is 9.47 Å². The van der Waals surface area contributed by atoms with Gasteiger partial charge in [-0.25, -0.2) is 0 Å². The summed E-state index contributed by atoms with van der Waals surface area (Å²) in [4.78, 5) is 12.3. The Bertz CT molecular complexity index is 479. The van der Waals surface area contributed by atoms with Crippen LogP contribution in [-0.4, -0.2) is 18.2 Å². The lowest BCUT2D eigenvalue weighted by Crippen LogP contribution is -2.22. The Balaban J connectivity index is 2.41. The maximum atomic E-state index is 12.3. The summed E-state index contributed by atoms with van der Waals surface area (Å²) >= 11 is 0. The molecule has 0 aliphatic carbocycles. The van der Waals surface area contributed by atoms with Crippen molar-refractivity contribution < 1.29 is 14.3 Å². The van der Waals surface area contributed by atoms with Crippen LogP contribution in [0.5, 0.6) is 5.75 Å². The van der Waals surface area contributed by atoms with Crippen LogP contribution in [0.1, 0.15) is 78.7 Å². The quantitative estimate of drug-likeness (QED) is 0.266. The van der Waals surface area contributed by atoms with Crippen molar-refractivity contribution in [2.45, 2.75) is 91.8 Å². The van der Waals surface area contributed by atoms with Gasteiger partial charge in [-0.2, -0.15) is 0 Å². The largest absolute Gasteiger partial charge is 0.426 e. The minimum Gasteiger partial charge on any atom is -0.426 e. The van der Waals surface area contributed by atoms with Gasteiger partial charge in [0, 0.05) is 0 Å². The van der Waals surface area contributed by atoms with Gasteiger partial charge in [0.1, 0.15) is 5.75 Å². The van der Waals surface area contributed by atoms with E-state index < -0.39 is 0 Å². The van der Waals surface area contributed by atoms with Crippen LogP contribution in [0.25, 0.3) is 0 Å². The molecule has 0 radical (unpaired) electrons. The molecule has 0 fully saturated rings. The van der Waals surface area contributed by atoms with Crippen molar-refractivity contribution in [3.8, 4) is 5.75 Å². The Morgan fingerprint density at radius 3 is 2.24 bits per heavy atom. The van der Waals surface area contributed by atoms with Gasteiger partial charge in [-0.3, -0.25) is 4.79 Å². The molecule has 0 amide bonds. The smallest absolute Gasteiger partial charge is 0.314 e. The Morgan fingerprint density at radius 1 is 1.00 bits per heavy atom. The van der Waals surface area contributed by atoms with Gasteiger partial charge in [0.05, 0.1) is 18.1 Å². The molecule has 2 unspecified atom stereocenters. The first-order valence-corrected chi connectivity index (χ1v) is 9.92. The lowest BCUT2D eigenvalue weighted by atomic mass is 10.0. The van der Waals surface area contributed by atoms with Gasteiger partial charge >= 0.3 is 5.97 Å². The first-order chi connectivity index (χ1) is 12.0. The van der Waals surface area contributed by atoms with Crippen LogP contribution in [-0.2, 0) is 16.0 Å². The predicted molar refractivity (Wildman–Crippen MR) is 104 cm³/mol. The molecule has 2 atom stereocenters. The van der Waals surface area contributed by atoms with Crippen LogP contribution in [0.3, 0.4) is 0 Å². The van der Waals surface area contributed by atoms with Crippen molar-refractivity contribution in [2.24, 2.45) is 5.92 Å². The average molecular weight is 349 g/mol. The Morgan fingerprint density at radius 2 is 1.68 bits per heavy atom. The second-order valence-corrected chi connectivity index (χ2v) is 7.22. The Hall–Kier alpha value is -1.35. The molecule has 1 rings (SSSR count). The third-order valence-corrected chi connectivity index (χ3v) is 4.45. The van der Waals surface area contributed by atoms with E-state index in [0.29, 0.717) is 5.75 Å². The Labute approximate surface area is 154 Å². The van der Waals surface area contributed by atoms with Crippen LogP contribution in [0.4, 0.5) is 0 Å². The van der Waals surface area contributed by atoms with Crippen molar-refractivity contribution in [3.63, 3.8) is 0 Å².